The fourth-order valence-corrected chi connectivity index (χ4v) is 3.08. The molecule has 4 rings (SSSR count). The molecule has 2 aromatic rings. The molecule has 5 heteroatoms. The third-order valence-electron chi connectivity index (χ3n) is 4.22. The van der Waals surface area contributed by atoms with E-state index in [0.29, 0.717) is 10.6 Å². The minimum Gasteiger partial charge on any atom is -0.300 e. The first-order valence-corrected chi connectivity index (χ1v) is 7.81. The van der Waals surface area contributed by atoms with Crippen molar-refractivity contribution in [3.63, 3.8) is 0 Å². The summed E-state index contributed by atoms with van der Waals surface area (Å²) in [7, 11) is 0. The predicted molar refractivity (Wildman–Crippen MR) is 89.1 cm³/mol. The molecule has 1 aliphatic heterocycles. The minimum absolute atomic E-state index is 0.663. The van der Waals surface area contributed by atoms with E-state index in [2.05, 4.69) is 22.0 Å². The Morgan fingerprint density at radius 1 is 1.18 bits per heavy atom. The predicted octanol–water partition coefficient (Wildman–Crippen LogP) is 3.88. The smallest absolute Gasteiger partial charge is 0.150 e. The van der Waals surface area contributed by atoms with Gasteiger partial charge in [-0.3, -0.25) is 9.80 Å². The monoisotopic (exact) mass is 313 g/mol. The van der Waals surface area contributed by atoms with Gasteiger partial charge in [0.05, 0.1) is 16.4 Å². The maximum Gasteiger partial charge on any atom is 0.150 e. The molecule has 0 amide bonds. The van der Waals surface area contributed by atoms with Crippen molar-refractivity contribution in [2.75, 3.05) is 17.0 Å². The summed E-state index contributed by atoms with van der Waals surface area (Å²) < 4.78 is 0. The molecule has 1 saturated carbocycles. The Hall–Kier alpha value is -2.04. The number of carbonyl (C=O) groups is 1. The van der Waals surface area contributed by atoms with Gasteiger partial charge in [0.1, 0.15) is 6.29 Å². The summed E-state index contributed by atoms with van der Waals surface area (Å²) in [4.78, 5) is 10.8. The summed E-state index contributed by atoms with van der Waals surface area (Å²) in [6, 6.07) is 11.6. The average Bonchev–Trinajstić information content (AvgIpc) is 3.27. The molecule has 1 heterocycles. The highest BCUT2D eigenvalue weighted by molar-refractivity contribution is 6.37. The van der Waals surface area contributed by atoms with Crippen LogP contribution >= 0.6 is 11.6 Å². The number of nitrogens with one attached hydrogen (secondary N) is 2. The van der Waals surface area contributed by atoms with Crippen LogP contribution in [-0.4, -0.2) is 12.8 Å². The molecule has 2 N–H and O–H groups in total. The normalized spacial score (nSPS) is 16.3. The number of aldehydes is 1. The molecule has 0 radical (unpaired) electrons. The molecule has 1 aliphatic carbocycles. The molecule has 0 atom stereocenters. The quantitative estimate of drug-likeness (QED) is 0.841. The fraction of sp³-hybridized carbons (Fsp3) is 0.235. The van der Waals surface area contributed by atoms with Crippen LogP contribution in [0.1, 0.15) is 23.2 Å². The molecule has 2 aliphatic rings. The van der Waals surface area contributed by atoms with Gasteiger partial charge in [0, 0.05) is 17.7 Å². The number of hydrogen-bond donors (Lipinski definition) is 2. The molecule has 1 fully saturated rings. The molecule has 22 heavy (non-hydrogen) atoms. The summed E-state index contributed by atoms with van der Waals surface area (Å²) >= 11 is 6.58. The molecule has 112 valence electrons. The van der Waals surface area contributed by atoms with E-state index < -0.39 is 0 Å². The van der Waals surface area contributed by atoms with Gasteiger partial charge >= 0.3 is 0 Å². The third-order valence-corrected chi connectivity index (χ3v) is 4.61. The summed E-state index contributed by atoms with van der Waals surface area (Å²) in [5.41, 5.74) is 11.0. The second kappa shape index (κ2) is 5.30. The first-order valence-electron chi connectivity index (χ1n) is 7.43. The van der Waals surface area contributed by atoms with Crippen molar-refractivity contribution >= 4 is 29.3 Å². The maximum absolute atomic E-state index is 10.8. The van der Waals surface area contributed by atoms with Gasteiger partial charge in [0.15, 0.2) is 0 Å². The second-order valence-electron chi connectivity index (χ2n) is 5.85. The van der Waals surface area contributed by atoms with Crippen LogP contribution in [-0.2, 0) is 0 Å². The van der Waals surface area contributed by atoms with Crippen molar-refractivity contribution in [2.45, 2.75) is 12.8 Å². The van der Waals surface area contributed by atoms with Crippen molar-refractivity contribution in [1.29, 1.82) is 0 Å². The van der Waals surface area contributed by atoms with E-state index in [9.17, 15) is 4.79 Å². The number of fused-ring (bicyclic) bond motifs is 1. The minimum atomic E-state index is 0.663. The topological polar surface area (TPSA) is 44.4 Å². The van der Waals surface area contributed by atoms with Crippen LogP contribution in [0.4, 0.5) is 11.4 Å². The van der Waals surface area contributed by atoms with Crippen molar-refractivity contribution in [3.8, 4) is 11.1 Å². The zero-order valence-corrected chi connectivity index (χ0v) is 12.7. The molecule has 0 unspecified atom stereocenters. The number of hydrazine groups is 2. The van der Waals surface area contributed by atoms with Gasteiger partial charge in [0.25, 0.3) is 0 Å². The van der Waals surface area contributed by atoms with Gasteiger partial charge in [-0.2, -0.15) is 0 Å². The summed E-state index contributed by atoms with van der Waals surface area (Å²) in [5, 5.41) is 2.82. The number of rotatable bonds is 4. The van der Waals surface area contributed by atoms with Crippen LogP contribution < -0.4 is 16.0 Å². The highest BCUT2D eigenvalue weighted by Crippen LogP contribution is 2.43. The number of carbonyl (C=O) groups excluding carboxylic acids is 1. The Labute approximate surface area is 134 Å². The van der Waals surface area contributed by atoms with E-state index in [1.165, 1.54) is 12.8 Å². The first kappa shape index (κ1) is 13.6. The van der Waals surface area contributed by atoms with E-state index in [-0.39, 0.29) is 0 Å². The zero-order valence-electron chi connectivity index (χ0n) is 12.0. The molecule has 0 aromatic heterocycles. The fourth-order valence-electron chi connectivity index (χ4n) is 2.76. The van der Waals surface area contributed by atoms with E-state index in [0.717, 1.165) is 41.3 Å². The van der Waals surface area contributed by atoms with E-state index in [4.69, 9.17) is 11.6 Å². The SMILES string of the molecule is O=Cc1ccc(-c2ccc3c(c2Cl)NNN3CC2CC2)cc1. The van der Waals surface area contributed by atoms with E-state index >= 15 is 0 Å². The van der Waals surface area contributed by atoms with Gasteiger partial charge < -0.3 is 5.43 Å². The van der Waals surface area contributed by atoms with Crippen LogP contribution in [0.3, 0.4) is 0 Å². The molecule has 4 nitrogen and oxygen atoms in total. The second-order valence-corrected chi connectivity index (χ2v) is 6.23. The number of benzene rings is 2. The molecule has 0 saturated heterocycles. The molecule has 2 aromatic carbocycles. The van der Waals surface area contributed by atoms with Gasteiger partial charge in [-0.25, -0.2) is 0 Å². The first-order chi connectivity index (χ1) is 10.8. The standard InChI is InChI=1S/C17H16ClN3O/c18-16-14(13-5-3-12(10-22)4-6-13)7-8-15-17(16)19-20-21(15)9-11-1-2-11/h3-8,10-11,19-20H,1-2,9H2. The highest BCUT2D eigenvalue weighted by Gasteiger charge is 2.29. The average molecular weight is 314 g/mol. The van der Waals surface area contributed by atoms with Gasteiger partial charge in [-0.05, 0) is 30.4 Å². The van der Waals surface area contributed by atoms with Crippen LogP contribution in [0.2, 0.25) is 5.02 Å². The van der Waals surface area contributed by atoms with E-state index in [1.807, 2.05) is 18.2 Å². The lowest BCUT2D eigenvalue weighted by molar-refractivity contribution is 0.112. The molecular weight excluding hydrogens is 298 g/mol. The molecule has 0 bridgehead atoms. The molecular formula is C17H16ClN3O. The Bertz CT molecular complexity index is 725. The van der Waals surface area contributed by atoms with Crippen LogP contribution in [0.5, 0.6) is 0 Å². The van der Waals surface area contributed by atoms with Crippen LogP contribution in [0.15, 0.2) is 36.4 Å². The van der Waals surface area contributed by atoms with Gasteiger partial charge in [-0.15, -0.1) is 5.53 Å². The van der Waals surface area contributed by atoms with Crippen molar-refractivity contribution in [3.05, 3.63) is 47.0 Å². The lowest BCUT2D eigenvalue weighted by atomic mass is 10.0. The number of hydrogen-bond acceptors (Lipinski definition) is 4. The maximum atomic E-state index is 10.8. The molecule has 0 spiro atoms. The summed E-state index contributed by atoms with van der Waals surface area (Å²) in [6.45, 7) is 1.00. The van der Waals surface area contributed by atoms with Crippen molar-refractivity contribution in [1.82, 2.24) is 5.53 Å². The van der Waals surface area contributed by atoms with Gasteiger partial charge in [0.2, 0.25) is 0 Å². The van der Waals surface area contributed by atoms with Gasteiger partial charge in [-0.1, -0.05) is 41.9 Å². The highest BCUT2D eigenvalue weighted by atomic mass is 35.5. The van der Waals surface area contributed by atoms with Crippen LogP contribution in [0, 0.1) is 5.92 Å². The summed E-state index contributed by atoms with van der Waals surface area (Å²) in [5.74, 6) is 0.787. The third kappa shape index (κ3) is 2.34. The van der Waals surface area contributed by atoms with E-state index in [1.54, 1.807) is 12.1 Å². The Morgan fingerprint density at radius 3 is 2.64 bits per heavy atom. The Kier molecular flexibility index (Phi) is 3.28. The zero-order chi connectivity index (χ0) is 15.1. The van der Waals surface area contributed by atoms with Crippen molar-refractivity contribution in [2.24, 2.45) is 5.92 Å². The van der Waals surface area contributed by atoms with Crippen LogP contribution in [0.25, 0.3) is 11.1 Å². The number of nitrogens with zero attached hydrogens (tertiary/aromatic N) is 1. The number of halogens is 1. The Balaban J connectivity index is 1.68. The summed E-state index contributed by atoms with van der Waals surface area (Å²) in [6.07, 6.45) is 3.46. The largest absolute Gasteiger partial charge is 0.300 e. The lowest BCUT2D eigenvalue weighted by Gasteiger charge is -2.17. The lowest BCUT2D eigenvalue weighted by Crippen LogP contribution is -2.37. The van der Waals surface area contributed by atoms with Crippen molar-refractivity contribution < 1.29 is 4.79 Å². The number of anilines is 2. The Morgan fingerprint density at radius 2 is 1.95 bits per heavy atom.